The summed E-state index contributed by atoms with van der Waals surface area (Å²) in [6.07, 6.45) is 0.768. The third kappa shape index (κ3) is 6.49. The van der Waals surface area contributed by atoms with Crippen LogP contribution >= 0.6 is 11.6 Å². The highest BCUT2D eigenvalue weighted by Gasteiger charge is 2.28. The van der Waals surface area contributed by atoms with Gasteiger partial charge in [-0.3, -0.25) is 24.5 Å². The highest BCUT2D eigenvalue weighted by Crippen LogP contribution is 2.25. The molecule has 0 aliphatic heterocycles. The molecular formula is C18H25ClN4O5. The van der Waals surface area contributed by atoms with Crippen molar-refractivity contribution in [1.82, 2.24) is 16.0 Å². The fourth-order valence-electron chi connectivity index (χ4n) is 2.32. The molecule has 10 heteroatoms. The summed E-state index contributed by atoms with van der Waals surface area (Å²) in [7, 11) is 0. The van der Waals surface area contributed by atoms with E-state index in [2.05, 4.69) is 16.0 Å². The Morgan fingerprint density at radius 3 is 2.32 bits per heavy atom. The number of carbonyl (C=O) groups excluding carboxylic acids is 3. The number of hydrogen-bond donors (Lipinski definition) is 3. The van der Waals surface area contributed by atoms with Crippen LogP contribution in [-0.4, -0.2) is 41.3 Å². The van der Waals surface area contributed by atoms with Gasteiger partial charge in [0.1, 0.15) is 17.1 Å². The summed E-state index contributed by atoms with van der Waals surface area (Å²) in [4.78, 5) is 47.2. The Morgan fingerprint density at radius 1 is 1.14 bits per heavy atom. The second-order valence-corrected chi connectivity index (χ2v) is 7.05. The van der Waals surface area contributed by atoms with Crippen LogP contribution in [0.5, 0.6) is 0 Å². The molecule has 2 atom stereocenters. The number of benzene rings is 1. The number of hydrogen-bond acceptors (Lipinski definition) is 5. The minimum atomic E-state index is -0.927. The van der Waals surface area contributed by atoms with E-state index in [1.807, 2.05) is 6.92 Å². The second-order valence-electron chi connectivity index (χ2n) is 6.64. The maximum atomic E-state index is 12.5. The van der Waals surface area contributed by atoms with E-state index < -0.39 is 34.5 Å². The van der Waals surface area contributed by atoms with Gasteiger partial charge in [-0.1, -0.05) is 32.4 Å². The lowest BCUT2D eigenvalue weighted by atomic mass is 10.0. The number of nitro benzene ring substituents is 1. The predicted molar refractivity (Wildman–Crippen MR) is 105 cm³/mol. The summed E-state index contributed by atoms with van der Waals surface area (Å²) in [5.41, 5.74) is -0.399. The second kappa shape index (κ2) is 10.6. The van der Waals surface area contributed by atoms with Crippen LogP contribution in [0.4, 0.5) is 5.69 Å². The number of amides is 3. The Bertz CT molecular complexity index is 753. The Balaban J connectivity index is 2.88. The standard InChI is InChI=1S/C18H25ClN4O5/c1-5-8-20-16(24)11(4)21-18(26)15(10(2)3)22-17(25)12-6-7-13(19)14(9-12)23(27)28/h6-7,9-11,15H,5,8H2,1-4H3,(H,20,24)(H,21,26)(H,22,25)/t11-,15+/m1/s1. The van der Waals surface area contributed by atoms with E-state index in [1.54, 1.807) is 20.8 Å². The predicted octanol–water partition coefficient (Wildman–Crippen LogP) is 2.03. The first-order valence-corrected chi connectivity index (χ1v) is 9.29. The lowest BCUT2D eigenvalue weighted by Gasteiger charge is -2.23. The van der Waals surface area contributed by atoms with Crippen molar-refractivity contribution in [2.24, 2.45) is 5.92 Å². The topological polar surface area (TPSA) is 130 Å². The molecule has 28 heavy (non-hydrogen) atoms. The number of nitrogens with zero attached hydrogens (tertiary/aromatic N) is 1. The Morgan fingerprint density at radius 2 is 1.79 bits per heavy atom. The number of rotatable bonds is 9. The first-order chi connectivity index (χ1) is 13.1. The molecule has 0 spiro atoms. The van der Waals surface area contributed by atoms with Crippen molar-refractivity contribution in [3.05, 3.63) is 38.9 Å². The van der Waals surface area contributed by atoms with Gasteiger partial charge in [0.2, 0.25) is 11.8 Å². The molecular weight excluding hydrogens is 388 g/mol. The fourth-order valence-corrected chi connectivity index (χ4v) is 2.51. The van der Waals surface area contributed by atoms with Gasteiger partial charge < -0.3 is 16.0 Å². The molecule has 1 rings (SSSR count). The van der Waals surface area contributed by atoms with E-state index in [-0.39, 0.29) is 22.4 Å². The smallest absolute Gasteiger partial charge is 0.288 e. The molecule has 0 bridgehead atoms. The molecule has 1 aromatic rings. The molecule has 3 N–H and O–H groups in total. The SMILES string of the molecule is CCCNC(=O)[C@@H](C)NC(=O)[C@@H](NC(=O)c1ccc(Cl)c([N+](=O)[O-])c1)C(C)C. The number of carbonyl (C=O) groups is 3. The molecule has 0 aliphatic rings. The van der Waals surface area contributed by atoms with E-state index in [1.165, 1.54) is 12.1 Å². The average Bonchev–Trinajstić information content (AvgIpc) is 2.63. The maximum Gasteiger partial charge on any atom is 0.288 e. The zero-order valence-electron chi connectivity index (χ0n) is 16.2. The molecule has 9 nitrogen and oxygen atoms in total. The highest BCUT2D eigenvalue weighted by atomic mass is 35.5. The van der Waals surface area contributed by atoms with E-state index in [4.69, 9.17) is 11.6 Å². The highest BCUT2D eigenvalue weighted by molar-refractivity contribution is 6.32. The van der Waals surface area contributed by atoms with Gasteiger partial charge in [-0.15, -0.1) is 0 Å². The van der Waals surface area contributed by atoms with Crippen LogP contribution in [0.3, 0.4) is 0 Å². The summed E-state index contributed by atoms with van der Waals surface area (Å²) in [5.74, 6) is -1.78. The van der Waals surface area contributed by atoms with Crippen molar-refractivity contribution in [1.29, 1.82) is 0 Å². The van der Waals surface area contributed by atoms with Crippen LogP contribution in [0.1, 0.15) is 44.5 Å². The maximum absolute atomic E-state index is 12.5. The van der Waals surface area contributed by atoms with Crippen molar-refractivity contribution in [2.75, 3.05) is 6.54 Å². The van der Waals surface area contributed by atoms with Gasteiger partial charge in [-0.25, -0.2) is 0 Å². The fraction of sp³-hybridized carbons (Fsp3) is 0.500. The summed E-state index contributed by atoms with van der Waals surface area (Å²) in [6, 6.07) is 1.94. The van der Waals surface area contributed by atoms with Crippen LogP contribution < -0.4 is 16.0 Å². The van der Waals surface area contributed by atoms with Gasteiger partial charge in [0.25, 0.3) is 11.6 Å². The average molecular weight is 413 g/mol. The van der Waals surface area contributed by atoms with Gasteiger partial charge in [0.05, 0.1) is 4.92 Å². The van der Waals surface area contributed by atoms with Crippen molar-refractivity contribution in [3.63, 3.8) is 0 Å². The summed E-state index contributed by atoms with van der Waals surface area (Å²) < 4.78 is 0. The first kappa shape index (κ1) is 23.4. The van der Waals surface area contributed by atoms with Gasteiger partial charge in [0.15, 0.2) is 0 Å². The molecule has 3 amide bonds. The molecule has 0 radical (unpaired) electrons. The normalized spacial score (nSPS) is 12.8. The van der Waals surface area contributed by atoms with E-state index in [0.29, 0.717) is 6.54 Å². The van der Waals surface area contributed by atoms with Gasteiger partial charge in [0, 0.05) is 18.2 Å². The van der Waals surface area contributed by atoms with Crippen molar-refractivity contribution in [2.45, 2.75) is 46.2 Å². The Kier molecular flexibility index (Phi) is 8.84. The number of nitrogens with one attached hydrogen (secondary N) is 3. The minimum Gasteiger partial charge on any atom is -0.354 e. The first-order valence-electron chi connectivity index (χ1n) is 8.91. The van der Waals surface area contributed by atoms with Crippen LogP contribution in [0.15, 0.2) is 18.2 Å². The third-order valence-electron chi connectivity index (χ3n) is 3.94. The van der Waals surface area contributed by atoms with Crippen molar-refractivity contribution in [3.8, 4) is 0 Å². The number of nitro groups is 1. The van der Waals surface area contributed by atoms with Gasteiger partial charge in [-0.2, -0.15) is 0 Å². The molecule has 0 unspecified atom stereocenters. The molecule has 1 aromatic carbocycles. The Labute approximate surface area is 168 Å². The van der Waals surface area contributed by atoms with Crippen LogP contribution in [0.2, 0.25) is 5.02 Å². The zero-order valence-corrected chi connectivity index (χ0v) is 17.0. The van der Waals surface area contributed by atoms with Crippen LogP contribution in [0.25, 0.3) is 0 Å². The number of halogens is 1. The van der Waals surface area contributed by atoms with E-state index in [9.17, 15) is 24.5 Å². The van der Waals surface area contributed by atoms with E-state index in [0.717, 1.165) is 12.5 Å². The molecule has 0 heterocycles. The molecule has 154 valence electrons. The largest absolute Gasteiger partial charge is 0.354 e. The summed E-state index contributed by atoms with van der Waals surface area (Å²) in [5, 5.41) is 18.7. The lowest BCUT2D eigenvalue weighted by Crippen LogP contribution is -2.54. The molecule has 0 fully saturated rings. The van der Waals surface area contributed by atoms with E-state index >= 15 is 0 Å². The van der Waals surface area contributed by atoms with Crippen LogP contribution in [-0.2, 0) is 9.59 Å². The summed E-state index contributed by atoms with van der Waals surface area (Å²) in [6.45, 7) is 7.42. The molecule has 0 aliphatic carbocycles. The third-order valence-corrected chi connectivity index (χ3v) is 4.26. The van der Waals surface area contributed by atoms with Crippen molar-refractivity contribution < 1.29 is 19.3 Å². The van der Waals surface area contributed by atoms with Gasteiger partial charge in [-0.05, 0) is 31.4 Å². The monoisotopic (exact) mass is 412 g/mol. The summed E-state index contributed by atoms with van der Waals surface area (Å²) >= 11 is 5.75. The lowest BCUT2D eigenvalue weighted by molar-refractivity contribution is -0.384. The quantitative estimate of drug-likeness (QED) is 0.422. The Hall–Kier alpha value is -2.68. The van der Waals surface area contributed by atoms with Gasteiger partial charge >= 0.3 is 0 Å². The molecule has 0 saturated carbocycles. The minimum absolute atomic E-state index is 0.00304. The molecule has 0 saturated heterocycles. The van der Waals surface area contributed by atoms with Crippen LogP contribution in [0, 0.1) is 16.0 Å². The molecule has 0 aromatic heterocycles. The zero-order chi connectivity index (χ0) is 21.4. The van der Waals surface area contributed by atoms with Crippen molar-refractivity contribution >= 4 is 35.0 Å².